The first-order valence-corrected chi connectivity index (χ1v) is 11.4. The summed E-state index contributed by atoms with van der Waals surface area (Å²) >= 11 is 0. The van der Waals surface area contributed by atoms with Crippen LogP contribution in [0.2, 0.25) is 0 Å². The van der Waals surface area contributed by atoms with E-state index in [-0.39, 0.29) is 29.0 Å². The summed E-state index contributed by atoms with van der Waals surface area (Å²) in [6.45, 7) is 2.25. The lowest BCUT2D eigenvalue weighted by atomic mass is 10.3. The number of sulfonamides is 1. The zero-order valence-electron chi connectivity index (χ0n) is 14.5. The van der Waals surface area contributed by atoms with Crippen molar-refractivity contribution in [3.05, 3.63) is 48.3 Å². The van der Waals surface area contributed by atoms with E-state index in [0.717, 1.165) is 11.9 Å². The topological polar surface area (TPSA) is 93.6 Å². The van der Waals surface area contributed by atoms with Crippen molar-refractivity contribution in [3.63, 3.8) is 0 Å². The van der Waals surface area contributed by atoms with Gasteiger partial charge in [0.05, 0.1) is 17.1 Å². The average Bonchev–Trinajstić information content (AvgIpc) is 3.06. The van der Waals surface area contributed by atoms with E-state index in [4.69, 9.17) is 4.74 Å². The first-order chi connectivity index (χ1) is 12.2. The van der Waals surface area contributed by atoms with Gasteiger partial charge in [-0.2, -0.15) is 4.31 Å². The van der Waals surface area contributed by atoms with Gasteiger partial charge in [-0.25, -0.2) is 16.8 Å². The third-order valence-electron chi connectivity index (χ3n) is 4.23. The van der Waals surface area contributed by atoms with Gasteiger partial charge in [-0.3, -0.25) is 4.98 Å². The van der Waals surface area contributed by atoms with Crippen LogP contribution in [0.4, 0.5) is 0 Å². The van der Waals surface area contributed by atoms with Gasteiger partial charge in [0.15, 0.2) is 9.84 Å². The minimum Gasteiger partial charge on any atom is -0.487 e. The summed E-state index contributed by atoms with van der Waals surface area (Å²) in [4.78, 5) is 3.77. The molecule has 1 aliphatic heterocycles. The van der Waals surface area contributed by atoms with Crippen LogP contribution in [0.1, 0.15) is 12.1 Å². The Kier molecular flexibility index (Phi) is 5.05. The Morgan fingerprint density at radius 3 is 2.42 bits per heavy atom. The van der Waals surface area contributed by atoms with E-state index in [1.165, 1.54) is 28.6 Å². The normalized spacial score (nSPS) is 18.8. The van der Waals surface area contributed by atoms with Crippen molar-refractivity contribution in [2.24, 2.45) is 0 Å². The van der Waals surface area contributed by atoms with Crippen LogP contribution < -0.4 is 4.74 Å². The number of hydrogen-bond donors (Lipinski definition) is 0. The van der Waals surface area contributed by atoms with Gasteiger partial charge in [0.25, 0.3) is 0 Å². The Balaban J connectivity index is 1.84. The molecule has 0 aliphatic carbocycles. The Bertz CT molecular complexity index is 1020. The van der Waals surface area contributed by atoms with Gasteiger partial charge in [0.2, 0.25) is 10.0 Å². The fourth-order valence-electron chi connectivity index (χ4n) is 2.89. The first-order valence-electron chi connectivity index (χ1n) is 8.07. The summed E-state index contributed by atoms with van der Waals surface area (Å²) in [7, 11) is -7.59. The van der Waals surface area contributed by atoms with E-state index < -0.39 is 19.9 Å². The molecule has 1 saturated heterocycles. The highest BCUT2D eigenvalue weighted by Crippen LogP contribution is 2.28. The predicted octanol–water partition coefficient (Wildman–Crippen LogP) is 1.64. The zero-order valence-corrected chi connectivity index (χ0v) is 16.1. The molecule has 2 heterocycles. The number of benzene rings is 1. The van der Waals surface area contributed by atoms with Gasteiger partial charge in [0, 0.05) is 19.0 Å². The van der Waals surface area contributed by atoms with Crippen molar-refractivity contribution < 1.29 is 21.6 Å². The monoisotopic (exact) mass is 396 g/mol. The highest BCUT2D eigenvalue weighted by Gasteiger charge is 2.36. The third-order valence-corrected chi connectivity index (χ3v) is 7.43. The predicted molar refractivity (Wildman–Crippen MR) is 96.3 cm³/mol. The Morgan fingerprint density at radius 1 is 1.08 bits per heavy atom. The van der Waals surface area contributed by atoms with Gasteiger partial charge in [-0.15, -0.1) is 0 Å². The minimum absolute atomic E-state index is 0.161. The maximum atomic E-state index is 13.0. The molecule has 0 radical (unpaired) electrons. The Morgan fingerprint density at radius 2 is 1.77 bits per heavy atom. The van der Waals surface area contributed by atoms with Crippen molar-refractivity contribution in [1.82, 2.24) is 9.29 Å². The molecule has 1 aromatic heterocycles. The third kappa shape index (κ3) is 3.74. The molecule has 1 unspecified atom stereocenters. The molecule has 1 aliphatic rings. The fourth-order valence-corrected chi connectivity index (χ4v) is 5.98. The van der Waals surface area contributed by atoms with Gasteiger partial charge < -0.3 is 4.74 Å². The lowest BCUT2D eigenvalue weighted by molar-refractivity contribution is 0.213. The van der Waals surface area contributed by atoms with Crippen molar-refractivity contribution in [2.75, 3.05) is 19.3 Å². The lowest BCUT2D eigenvalue weighted by Gasteiger charge is -2.19. The molecule has 1 atom stereocenters. The van der Waals surface area contributed by atoms with Crippen LogP contribution in [0.15, 0.2) is 52.4 Å². The second kappa shape index (κ2) is 6.98. The largest absolute Gasteiger partial charge is 0.487 e. The summed E-state index contributed by atoms with van der Waals surface area (Å²) in [5.41, 5.74) is 0.733. The van der Waals surface area contributed by atoms with Crippen molar-refractivity contribution in [2.45, 2.75) is 29.2 Å². The molecule has 9 heteroatoms. The Hall–Kier alpha value is -1.97. The van der Waals surface area contributed by atoms with Crippen LogP contribution in [-0.4, -0.2) is 51.6 Å². The van der Waals surface area contributed by atoms with Gasteiger partial charge in [0.1, 0.15) is 16.7 Å². The van der Waals surface area contributed by atoms with Crippen LogP contribution in [-0.2, 0) is 19.9 Å². The molecule has 0 N–H and O–H groups in total. The number of nitrogens with zero attached hydrogens (tertiary/aromatic N) is 2. The lowest BCUT2D eigenvalue weighted by Crippen LogP contribution is -2.32. The molecular formula is C17H20N2O5S2. The first kappa shape index (κ1) is 18.8. The molecule has 0 saturated carbocycles. The minimum atomic E-state index is -3.93. The summed E-state index contributed by atoms with van der Waals surface area (Å²) in [5, 5.41) is 0. The van der Waals surface area contributed by atoms with Crippen LogP contribution >= 0.6 is 0 Å². The number of rotatable bonds is 5. The highest BCUT2D eigenvalue weighted by atomic mass is 32.2. The molecule has 0 spiro atoms. The summed E-state index contributed by atoms with van der Waals surface area (Å²) < 4.78 is 57.0. The number of aromatic nitrogens is 1. The maximum absolute atomic E-state index is 13.0. The molecule has 1 fully saturated rings. The van der Waals surface area contributed by atoms with E-state index >= 15 is 0 Å². The van der Waals surface area contributed by atoms with Crippen LogP contribution in [0, 0.1) is 6.92 Å². The maximum Gasteiger partial charge on any atom is 0.244 e. The van der Waals surface area contributed by atoms with Gasteiger partial charge in [-0.05, 0) is 37.6 Å². The second-order valence-corrected chi connectivity index (χ2v) is 10.1. The highest BCUT2D eigenvalue weighted by molar-refractivity contribution is 7.93. The molecule has 7 nitrogen and oxygen atoms in total. The Labute approximate surface area is 153 Å². The number of hydrogen-bond acceptors (Lipinski definition) is 6. The van der Waals surface area contributed by atoms with Crippen LogP contribution in [0.25, 0.3) is 0 Å². The van der Waals surface area contributed by atoms with Crippen molar-refractivity contribution in [1.29, 1.82) is 0 Å². The number of pyridine rings is 1. The van der Waals surface area contributed by atoms with Crippen LogP contribution in [0.3, 0.4) is 0 Å². The molecule has 0 bridgehead atoms. The molecule has 140 valence electrons. The molecule has 2 aromatic rings. The van der Waals surface area contributed by atoms with E-state index in [9.17, 15) is 16.8 Å². The van der Waals surface area contributed by atoms with E-state index in [0.29, 0.717) is 12.2 Å². The summed E-state index contributed by atoms with van der Waals surface area (Å²) in [6.07, 6.45) is 2.88. The molecule has 0 amide bonds. The van der Waals surface area contributed by atoms with E-state index in [1.807, 2.05) is 6.92 Å². The summed E-state index contributed by atoms with van der Waals surface area (Å²) in [5.74, 6) is 0.619. The van der Waals surface area contributed by atoms with Crippen molar-refractivity contribution in [3.8, 4) is 5.75 Å². The fraction of sp³-hybridized carbons (Fsp3) is 0.353. The smallest absolute Gasteiger partial charge is 0.244 e. The van der Waals surface area contributed by atoms with Crippen molar-refractivity contribution >= 4 is 19.9 Å². The standard InChI is InChI=1S/C17H20N2O5S2/c1-13-15(6-5-10-18-13)24-14-9-11-19(12-14)26(22,23)17-8-4-3-7-16(17)25(2,20)21/h3-8,10,14H,9,11-12H2,1-2H3. The number of aryl methyl sites for hydroxylation is 1. The quantitative estimate of drug-likeness (QED) is 0.763. The van der Waals surface area contributed by atoms with E-state index in [1.54, 1.807) is 18.3 Å². The number of sulfone groups is 1. The van der Waals surface area contributed by atoms with Crippen LogP contribution in [0.5, 0.6) is 5.75 Å². The molecule has 1 aromatic carbocycles. The molecular weight excluding hydrogens is 376 g/mol. The van der Waals surface area contributed by atoms with Gasteiger partial charge >= 0.3 is 0 Å². The molecule has 3 rings (SSSR count). The second-order valence-electron chi connectivity index (χ2n) is 6.20. The average molecular weight is 396 g/mol. The molecule has 26 heavy (non-hydrogen) atoms. The zero-order chi connectivity index (χ0) is 18.9. The van der Waals surface area contributed by atoms with E-state index in [2.05, 4.69) is 4.98 Å². The number of ether oxygens (including phenoxy) is 1. The van der Waals surface area contributed by atoms with Gasteiger partial charge in [-0.1, -0.05) is 12.1 Å². The SMILES string of the molecule is Cc1ncccc1OC1CCN(S(=O)(=O)c2ccccc2S(C)(=O)=O)C1. The summed E-state index contributed by atoms with van der Waals surface area (Å²) in [6, 6.07) is 9.21.